The number of anilines is 1. The second-order valence-electron chi connectivity index (χ2n) is 4.85. The normalized spacial score (nSPS) is 10.7. The lowest BCUT2D eigenvalue weighted by atomic mass is 10.2. The van der Waals surface area contributed by atoms with E-state index in [-0.39, 0.29) is 17.6 Å². The summed E-state index contributed by atoms with van der Waals surface area (Å²) in [4.78, 5) is 22.9. The highest BCUT2D eigenvalue weighted by atomic mass is 19.1. The molecule has 110 valence electrons. The van der Waals surface area contributed by atoms with Gasteiger partial charge in [0.05, 0.1) is 5.56 Å². The molecule has 0 fully saturated rings. The monoisotopic (exact) mass is 290 g/mol. The van der Waals surface area contributed by atoms with Gasteiger partial charge in [-0.3, -0.25) is 4.79 Å². The number of amides is 1. The number of halogens is 1. The van der Waals surface area contributed by atoms with Crippen molar-refractivity contribution < 1.29 is 19.1 Å². The molecule has 1 aromatic carbocycles. The summed E-state index contributed by atoms with van der Waals surface area (Å²) < 4.78 is 15.4. The van der Waals surface area contributed by atoms with Crippen molar-refractivity contribution in [3.63, 3.8) is 0 Å². The van der Waals surface area contributed by atoms with Gasteiger partial charge in [0.25, 0.3) is 5.91 Å². The van der Waals surface area contributed by atoms with Crippen LogP contribution < -0.4 is 5.32 Å². The summed E-state index contributed by atoms with van der Waals surface area (Å²) >= 11 is 0. The van der Waals surface area contributed by atoms with Crippen molar-refractivity contribution >= 4 is 17.6 Å². The third kappa shape index (κ3) is 3.10. The Hall–Kier alpha value is -2.63. The molecule has 0 aliphatic rings. The number of hydrogen-bond donors (Lipinski definition) is 2. The van der Waals surface area contributed by atoms with Gasteiger partial charge in [-0.15, -0.1) is 0 Å². The van der Waals surface area contributed by atoms with Gasteiger partial charge in [0.1, 0.15) is 11.5 Å². The highest BCUT2D eigenvalue weighted by Crippen LogP contribution is 2.17. The maximum Gasteiger partial charge on any atom is 0.338 e. The van der Waals surface area contributed by atoms with Crippen LogP contribution in [0.25, 0.3) is 0 Å². The van der Waals surface area contributed by atoms with Crippen LogP contribution in [0.2, 0.25) is 0 Å². The van der Waals surface area contributed by atoms with Gasteiger partial charge >= 0.3 is 5.97 Å². The van der Waals surface area contributed by atoms with Gasteiger partial charge in [0, 0.05) is 17.9 Å². The number of nitrogens with zero attached hydrogens (tertiary/aromatic N) is 1. The minimum atomic E-state index is -1.35. The Balaban J connectivity index is 2.22. The Bertz CT molecular complexity index is 692. The molecule has 5 nitrogen and oxygen atoms in total. The highest BCUT2D eigenvalue weighted by Gasteiger charge is 2.15. The second kappa shape index (κ2) is 5.78. The fourth-order valence-electron chi connectivity index (χ4n) is 2.00. The van der Waals surface area contributed by atoms with Crippen molar-refractivity contribution in [2.75, 3.05) is 5.32 Å². The van der Waals surface area contributed by atoms with Crippen LogP contribution in [0.1, 0.15) is 40.7 Å². The number of aromatic carboxylic acids is 1. The van der Waals surface area contributed by atoms with Crippen molar-refractivity contribution in [1.82, 2.24) is 4.57 Å². The fraction of sp³-hybridized carbons (Fsp3) is 0.200. The van der Waals surface area contributed by atoms with E-state index in [9.17, 15) is 14.0 Å². The van der Waals surface area contributed by atoms with Crippen LogP contribution >= 0.6 is 0 Å². The molecule has 0 saturated heterocycles. The van der Waals surface area contributed by atoms with Gasteiger partial charge in [-0.05, 0) is 44.2 Å². The molecule has 1 aromatic heterocycles. The summed E-state index contributed by atoms with van der Waals surface area (Å²) in [5.41, 5.74) is 0.227. The zero-order valence-corrected chi connectivity index (χ0v) is 11.6. The molecule has 0 atom stereocenters. The van der Waals surface area contributed by atoms with Gasteiger partial charge in [0.2, 0.25) is 0 Å². The molecule has 1 amide bonds. The third-order valence-corrected chi connectivity index (χ3v) is 3.03. The second-order valence-corrected chi connectivity index (χ2v) is 4.85. The van der Waals surface area contributed by atoms with Crippen LogP contribution in [0, 0.1) is 5.82 Å². The number of aromatic nitrogens is 1. The summed E-state index contributed by atoms with van der Waals surface area (Å²) in [6, 6.07) is 7.00. The van der Waals surface area contributed by atoms with Crippen molar-refractivity contribution in [1.29, 1.82) is 0 Å². The van der Waals surface area contributed by atoms with E-state index in [0.29, 0.717) is 5.69 Å². The molecule has 0 aliphatic heterocycles. The third-order valence-electron chi connectivity index (χ3n) is 3.03. The van der Waals surface area contributed by atoms with Crippen molar-refractivity contribution in [3.8, 4) is 0 Å². The van der Waals surface area contributed by atoms with E-state index < -0.39 is 17.3 Å². The van der Waals surface area contributed by atoms with E-state index in [4.69, 9.17) is 5.11 Å². The summed E-state index contributed by atoms with van der Waals surface area (Å²) in [6.45, 7) is 3.89. The van der Waals surface area contributed by atoms with Crippen molar-refractivity contribution in [2.45, 2.75) is 19.9 Å². The first-order valence-corrected chi connectivity index (χ1v) is 6.41. The first-order chi connectivity index (χ1) is 9.90. The number of benzene rings is 1. The van der Waals surface area contributed by atoms with Crippen molar-refractivity contribution in [2.24, 2.45) is 0 Å². The van der Waals surface area contributed by atoms with Gasteiger partial charge < -0.3 is 15.0 Å². The van der Waals surface area contributed by atoms with E-state index in [1.54, 1.807) is 22.9 Å². The Morgan fingerprint density at radius 2 is 2.00 bits per heavy atom. The lowest BCUT2D eigenvalue weighted by Gasteiger charge is -2.13. The molecule has 0 spiro atoms. The molecule has 0 saturated carbocycles. The van der Waals surface area contributed by atoms with E-state index in [0.717, 1.165) is 12.1 Å². The SMILES string of the molecule is CC(C)n1cccc1C(=O)Nc1ccc(C(=O)O)c(F)c1. The molecule has 1 heterocycles. The van der Waals surface area contributed by atoms with Crippen molar-refractivity contribution in [3.05, 3.63) is 53.6 Å². The number of carbonyl (C=O) groups excluding carboxylic acids is 1. The van der Waals surface area contributed by atoms with E-state index >= 15 is 0 Å². The number of carboxylic acid groups (broad SMARTS) is 1. The minimum absolute atomic E-state index is 0.117. The molecule has 2 aromatic rings. The molecule has 2 rings (SSSR count). The maximum atomic E-state index is 13.6. The van der Waals surface area contributed by atoms with Gasteiger partial charge in [0.15, 0.2) is 0 Å². The Morgan fingerprint density at radius 1 is 1.29 bits per heavy atom. The summed E-state index contributed by atoms with van der Waals surface area (Å²) in [5.74, 6) is -2.62. The number of nitrogens with one attached hydrogen (secondary N) is 1. The average Bonchev–Trinajstić information content (AvgIpc) is 2.87. The van der Waals surface area contributed by atoms with Crippen LogP contribution in [0.4, 0.5) is 10.1 Å². The van der Waals surface area contributed by atoms with E-state index in [1.165, 1.54) is 6.07 Å². The van der Waals surface area contributed by atoms with Crippen LogP contribution in [0.3, 0.4) is 0 Å². The molecular weight excluding hydrogens is 275 g/mol. The molecule has 0 aliphatic carbocycles. The van der Waals surface area contributed by atoms with Gasteiger partial charge in [-0.25, -0.2) is 9.18 Å². The van der Waals surface area contributed by atoms with E-state index in [2.05, 4.69) is 5.32 Å². The quantitative estimate of drug-likeness (QED) is 0.908. The first kappa shape index (κ1) is 14.8. The maximum absolute atomic E-state index is 13.6. The van der Waals surface area contributed by atoms with Gasteiger partial charge in [-0.2, -0.15) is 0 Å². The molecule has 0 unspecified atom stereocenters. The number of carbonyl (C=O) groups is 2. The van der Waals surface area contributed by atoms with Crippen LogP contribution in [-0.2, 0) is 0 Å². The van der Waals surface area contributed by atoms with E-state index in [1.807, 2.05) is 13.8 Å². The number of hydrogen-bond acceptors (Lipinski definition) is 2. The average molecular weight is 290 g/mol. The molecule has 2 N–H and O–H groups in total. The topological polar surface area (TPSA) is 71.3 Å². The largest absolute Gasteiger partial charge is 0.478 e. The smallest absolute Gasteiger partial charge is 0.338 e. The van der Waals surface area contributed by atoms with Crippen LogP contribution in [0.5, 0.6) is 0 Å². The summed E-state index contributed by atoms with van der Waals surface area (Å²) in [6.07, 6.45) is 1.79. The fourth-order valence-corrected chi connectivity index (χ4v) is 2.00. The van der Waals surface area contributed by atoms with Crippen LogP contribution in [-0.4, -0.2) is 21.6 Å². The standard InChI is InChI=1S/C15H15FN2O3/c1-9(2)18-7-3-4-13(18)14(19)17-10-5-6-11(15(20)21)12(16)8-10/h3-9H,1-2H3,(H,17,19)(H,20,21). The predicted octanol–water partition coefficient (Wildman–Crippen LogP) is 3.16. The Labute approximate surface area is 121 Å². The molecule has 0 radical (unpaired) electrons. The van der Waals surface area contributed by atoms with Gasteiger partial charge in [-0.1, -0.05) is 0 Å². The number of carboxylic acids is 1. The zero-order valence-electron chi connectivity index (χ0n) is 11.6. The summed E-state index contributed by atoms with van der Waals surface area (Å²) in [7, 11) is 0. The first-order valence-electron chi connectivity index (χ1n) is 6.41. The highest BCUT2D eigenvalue weighted by molar-refractivity contribution is 6.03. The molecule has 21 heavy (non-hydrogen) atoms. The Kier molecular flexibility index (Phi) is 4.07. The molecule has 0 bridgehead atoms. The van der Waals surface area contributed by atoms with Crippen LogP contribution in [0.15, 0.2) is 36.5 Å². The predicted molar refractivity (Wildman–Crippen MR) is 76.1 cm³/mol. The summed E-state index contributed by atoms with van der Waals surface area (Å²) in [5, 5.41) is 11.3. The lowest BCUT2D eigenvalue weighted by Crippen LogP contribution is -2.18. The minimum Gasteiger partial charge on any atom is -0.478 e. The lowest BCUT2D eigenvalue weighted by molar-refractivity contribution is 0.0692. The molecule has 6 heteroatoms. The number of rotatable bonds is 4. The molecular formula is C15H15FN2O3. The zero-order chi connectivity index (χ0) is 15.6. The Morgan fingerprint density at radius 3 is 2.57 bits per heavy atom.